The normalized spacial score (nSPS) is 11.2. The lowest BCUT2D eigenvalue weighted by atomic mass is 10.2. The largest absolute Gasteiger partial charge is 0.436 e. The van der Waals surface area contributed by atoms with Gasteiger partial charge in [0.05, 0.1) is 10.7 Å². The van der Waals surface area contributed by atoms with Gasteiger partial charge in [-0.05, 0) is 54.5 Å². The lowest BCUT2D eigenvalue weighted by molar-refractivity contribution is -0.111. The van der Waals surface area contributed by atoms with Crippen molar-refractivity contribution in [2.75, 3.05) is 5.32 Å². The van der Waals surface area contributed by atoms with Gasteiger partial charge in [0.2, 0.25) is 11.8 Å². The van der Waals surface area contributed by atoms with E-state index in [0.717, 1.165) is 22.2 Å². The highest BCUT2D eigenvalue weighted by molar-refractivity contribution is 6.34. The van der Waals surface area contributed by atoms with Gasteiger partial charge in [-0.3, -0.25) is 4.79 Å². The van der Waals surface area contributed by atoms with Gasteiger partial charge in [-0.1, -0.05) is 48.0 Å². The molecule has 5 heteroatoms. The monoisotopic (exact) mass is 388 g/mol. The number of fused-ring (bicyclic) bond motifs is 1. The van der Waals surface area contributed by atoms with Crippen LogP contribution in [0.1, 0.15) is 11.1 Å². The van der Waals surface area contributed by atoms with Crippen molar-refractivity contribution >= 4 is 40.4 Å². The number of oxazole rings is 1. The average molecular weight is 389 g/mol. The fraction of sp³-hybridized carbons (Fsp3) is 0.0435. The van der Waals surface area contributed by atoms with E-state index in [-0.39, 0.29) is 5.91 Å². The first-order valence-electron chi connectivity index (χ1n) is 8.80. The maximum absolute atomic E-state index is 12.3. The Morgan fingerprint density at radius 2 is 1.89 bits per heavy atom. The predicted octanol–water partition coefficient (Wildman–Crippen LogP) is 6.11. The van der Waals surface area contributed by atoms with Crippen LogP contribution in [0.25, 0.3) is 28.6 Å². The van der Waals surface area contributed by atoms with Crippen molar-refractivity contribution in [3.8, 4) is 11.5 Å². The van der Waals surface area contributed by atoms with Gasteiger partial charge in [0.15, 0.2) is 5.58 Å². The Kier molecular flexibility index (Phi) is 4.96. The molecule has 0 unspecified atom stereocenters. The molecular weight excluding hydrogens is 372 g/mol. The summed E-state index contributed by atoms with van der Waals surface area (Å²) in [6, 6.07) is 20.7. The molecule has 4 nitrogen and oxygen atoms in total. The van der Waals surface area contributed by atoms with E-state index < -0.39 is 0 Å². The second-order valence-corrected chi connectivity index (χ2v) is 6.83. The first-order valence-corrected chi connectivity index (χ1v) is 9.17. The molecule has 1 aromatic heterocycles. The number of aromatic nitrogens is 1. The van der Waals surface area contributed by atoms with E-state index in [9.17, 15) is 4.79 Å². The number of nitrogens with one attached hydrogen (secondary N) is 1. The molecule has 1 N–H and O–H groups in total. The van der Waals surface area contributed by atoms with E-state index in [4.69, 9.17) is 16.0 Å². The third kappa shape index (κ3) is 3.97. The topological polar surface area (TPSA) is 55.1 Å². The summed E-state index contributed by atoms with van der Waals surface area (Å²) in [5, 5.41) is 3.25. The summed E-state index contributed by atoms with van der Waals surface area (Å²) in [7, 11) is 0. The number of carbonyl (C=O) groups is 1. The molecule has 0 fully saturated rings. The van der Waals surface area contributed by atoms with Crippen molar-refractivity contribution in [3.63, 3.8) is 0 Å². The Morgan fingerprint density at radius 1 is 1.07 bits per heavy atom. The number of aryl methyl sites for hydroxylation is 1. The minimum atomic E-state index is -0.268. The van der Waals surface area contributed by atoms with Gasteiger partial charge in [0, 0.05) is 11.6 Å². The lowest BCUT2D eigenvalue weighted by Gasteiger charge is -2.06. The fourth-order valence-electron chi connectivity index (χ4n) is 2.83. The van der Waals surface area contributed by atoms with Gasteiger partial charge >= 0.3 is 0 Å². The third-order valence-electron chi connectivity index (χ3n) is 4.24. The Hall–Kier alpha value is -3.37. The zero-order chi connectivity index (χ0) is 19.5. The average Bonchev–Trinajstić information content (AvgIpc) is 3.12. The summed E-state index contributed by atoms with van der Waals surface area (Å²) in [6.07, 6.45) is 3.22. The fourth-order valence-corrected chi connectivity index (χ4v) is 2.99. The second-order valence-electron chi connectivity index (χ2n) is 6.42. The van der Waals surface area contributed by atoms with Crippen LogP contribution in [-0.4, -0.2) is 10.9 Å². The van der Waals surface area contributed by atoms with E-state index in [1.807, 2.05) is 61.5 Å². The number of hydrogen-bond acceptors (Lipinski definition) is 3. The van der Waals surface area contributed by atoms with Crippen LogP contribution in [0.5, 0.6) is 0 Å². The lowest BCUT2D eigenvalue weighted by Crippen LogP contribution is -2.08. The van der Waals surface area contributed by atoms with Gasteiger partial charge in [0.1, 0.15) is 5.52 Å². The summed E-state index contributed by atoms with van der Waals surface area (Å²) in [5.74, 6) is 0.212. The zero-order valence-electron chi connectivity index (χ0n) is 15.1. The molecule has 4 aromatic rings. The van der Waals surface area contributed by atoms with E-state index in [1.54, 1.807) is 18.2 Å². The van der Waals surface area contributed by atoms with E-state index >= 15 is 0 Å². The van der Waals surface area contributed by atoms with Crippen molar-refractivity contribution < 1.29 is 9.21 Å². The minimum absolute atomic E-state index is 0.268. The minimum Gasteiger partial charge on any atom is -0.436 e. The number of anilines is 1. The molecule has 4 rings (SSSR count). The summed E-state index contributed by atoms with van der Waals surface area (Å²) < 4.78 is 5.83. The van der Waals surface area contributed by atoms with Crippen LogP contribution in [0.4, 0.5) is 5.69 Å². The molecule has 0 saturated carbocycles. The molecule has 0 aliphatic carbocycles. The number of halogens is 1. The standard InChI is InChI=1S/C23H17ClN2O2/c1-15-7-11-21-20(13-15)26-23(28-21)17-9-10-18(24)19(14-17)25-22(27)12-8-16-5-3-2-4-6-16/h2-14H,1H3,(H,25,27)/b12-8+. The highest BCUT2D eigenvalue weighted by Crippen LogP contribution is 2.30. The number of hydrogen-bond donors (Lipinski definition) is 1. The maximum Gasteiger partial charge on any atom is 0.248 e. The molecule has 3 aromatic carbocycles. The number of rotatable bonds is 4. The first kappa shape index (κ1) is 18.0. The number of carbonyl (C=O) groups excluding carboxylic acids is 1. The van der Waals surface area contributed by atoms with Crippen molar-refractivity contribution in [2.45, 2.75) is 6.92 Å². The molecule has 1 amide bonds. The van der Waals surface area contributed by atoms with Crippen molar-refractivity contribution in [1.29, 1.82) is 0 Å². The van der Waals surface area contributed by atoms with E-state index in [1.165, 1.54) is 6.08 Å². The van der Waals surface area contributed by atoms with Crippen LogP contribution in [0.2, 0.25) is 5.02 Å². The highest BCUT2D eigenvalue weighted by atomic mass is 35.5. The highest BCUT2D eigenvalue weighted by Gasteiger charge is 2.11. The van der Waals surface area contributed by atoms with E-state index in [2.05, 4.69) is 10.3 Å². The van der Waals surface area contributed by atoms with Crippen LogP contribution in [0.3, 0.4) is 0 Å². The van der Waals surface area contributed by atoms with Gasteiger partial charge in [0.25, 0.3) is 0 Å². The summed E-state index contributed by atoms with van der Waals surface area (Å²) in [5.41, 5.74) is 4.80. The van der Waals surface area contributed by atoms with Crippen molar-refractivity contribution in [3.05, 3.63) is 89.0 Å². The van der Waals surface area contributed by atoms with Crippen LogP contribution >= 0.6 is 11.6 Å². The zero-order valence-corrected chi connectivity index (χ0v) is 15.9. The SMILES string of the molecule is Cc1ccc2oc(-c3ccc(Cl)c(NC(=O)/C=C/c4ccccc4)c3)nc2c1. The van der Waals surface area contributed by atoms with Gasteiger partial charge in [-0.2, -0.15) is 0 Å². The predicted molar refractivity (Wildman–Crippen MR) is 113 cm³/mol. The Bertz CT molecular complexity index is 1180. The molecule has 0 radical (unpaired) electrons. The third-order valence-corrected chi connectivity index (χ3v) is 4.57. The Labute approximate surface area is 167 Å². The summed E-state index contributed by atoms with van der Waals surface area (Å²) in [6.45, 7) is 2.01. The number of benzene rings is 3. The number of amides is 1. The first-order chi connectivity index (χ1) is 13.6. The number of nitrogens with zero attached hydrogens (tertiary/aromatic N) is 1. The molecule has 0 saturated heterocycles. The molecule has 1 heterocycles. The molecule has 0 aliphatic rings. The summed E-state index contributed by atoms with van der Waals surface area (Å²) in [4.78, 5) is 16.8. The molecule has 28 heavy (non-hydrogen) atoms. The van der Waals surface area contributed by atoms with Crippen LogP contribution in [-0.2, 0) is 4.79 Å². The van der Waals surface area contributed by atoms with Gasteiger partial charge in [-0.15, -0.1) is 0 Å². The Balaban J connectivity index is 1.58. The van der Waals surface area contributed by atoms with Crippen LogP contribution in [0.15, 0.2) is 77.2 Å². The van der Waals surface area contributed by atoms with Crippen molar-refractivity contribution in [1.82, 2.24) is 4.98 Å². The van der Waals surface area contributed by atoms with Gasteiger partial charge < -0.3 is 9.73 Å². The van der Waals surface area contributed by atoms with Gasteiger partial charge in [-0.25, -0.2) is 4.98 Å². The second kappa shape index (κ2) is 7.71. The quantitative estimate of drug-likeness (QED) is 0.429. The smallest absolute Gasteiger partial charge is 0.248 e. The van der Waals surface area contributed by atoms with Crippen molar-refractivity contribution in [2.24, 2.45) is 0 Å². The summed E-state index contributed by atoms with van der Waals surface area (Å²) >= 11 is 6.25. The Morgan fingerprint density at radius 3 is 2.71 bits per heavy atom. The molecule has 0 aliphatic heterocycles. The molecular formula is C23H17ClN2O2. The van der Waals surface area contributed by atoms with Crippen LogP contribution < -0.4 is 5.32 Å². The molecule has 0 spiro atoms. The van der Waals surface area contributed by atoms with Crippen LogP contribution in [0, 0.1) is 6.92 Å². The molecule has 0 atom stereocenters. The molecule has 138 valence electrons. The maximum atomic E-state index is 12.3. The van der Waals surface area contributed by atoms with E-state index in [0.29, 0.717) is 22.2 Å². The molecule has 0 bridgehead atoms.